The quantitative estimate of drug-likeness (QED) is 0.673. The normalized spacial score (nSPS) is 11.1. The first-order valence-electron chi connectivity index (χ1n) is 7.26. The maximum Gasteiger partial charge on any atom is 0.250 e. The van der Waals surface area contributed by atoms with Gasteiger partial charge in [0.15, 0.2) is 5.13 Å². The number of rotatable bonds is 4. The zero-order chi connectivity index (χ0) is 17.1. The van der Waals surface area contributed by atoms with Gasteiger partial charge >= 0.3 is 0 Å². The van der Waals surface area contributed by atoms with Crippen LogP contribution in [0.3, 0.4) is 0 Å². The number of methoxy groups -OCH3 is 1. The lowest BCUT2D eigenvalue weighted by Gasteiger charge is -2.01. The molecule has 1 heterocycles. The highest BCUT2D eigenvalue weighted by atomic mass is 35.5. The van der Waals surface area contributed by atoms with E-state index in [1.54, 1.807) is 19.3 Å². The van der Waals surface area contributed by atoms with Crippen LogP contribution in [-0.4, -0.2) is 18.0 Å². The van der Waals surface area contributed by atoms with Crippen LogP contribution in [0.15, 0.2) is 42.5 Å². The van der Waals surface area contributed by atoms with Crippen LogP contribution in [0.2, 0.25) is 5.02 Å². The highest BCUT2D eigenvalue weighted by Gasteiger charge is 2.12. The molecule has 0 aliphatic heterocycles. The number of thiazole rings is 1. The number of nitrogens with one attached hydrogen (secondary N) is 1. The first-order chi connectivity index (χ1) is 11.6. The summed E-state index contributed by atoms with van der Waals surface area (Å²) in [6.45, 7) is 2.00. The number of amides is 1. The smallest absolute Gasteiger partial charge is 0.250 e. The highest BCUT2D eigenvalue weighted by Crippen LogP contribution is 2.34. The molecule has 24 heavy (non-hydrogen) atoms. The molecule has 0 atom stereocenters. The SMILES string of the molecule is COc1ccc(C)c2sc(NC(=O)/C=C/c3ccccc3Cl)nc12. The van der Waals surface area contributed by atoms with Crippen molar-refractivity contribution >= 4 is 50.3 Å². The third-order valence-electron chi connectivity index (χ3n) is 3.47. The molecule has 0 aliphatic carbocycles. The first-order valence-corrected chi connectivity index (χ1v) is 8.45. The van der Waals surface area contributed by atoms with Crippen molar-refractivity contribution in [1.29, 1.82) is 0 Å². The summed E-state index contributed by atoms with van der Waals surface area (Å²) in [5.74, 6) is 0.435. The largest absolute Gasteiger partial charge is 0.494 e. The van der Waals surface area contributed by atoms with Crippen LogP contribution in [0.5, 0.6) is 5.75 Å². The van der Waals surface area contributed by atoms with Crippen molar-refractivity contribution in [3.05, 3.63) is 58.6 Å². The van der Waals surface area contributed by atoms with E-state index < -0.39 is 0 Å². The second-order valence-corrected chi connectivity index (χ2v) is 6.53. The summed E-state index contributed by atoms with van der Waals surface area (Å²) in [7, 11) is 1.61. The highest BCUT2D eigenvalue weighted by molar-refractivity contribution is 7.22. The van der Waals surface area contributed by atoms with Crippen LogP contribution in [0, 0.1) is 6.92 Å². The Morgan fingerprint density at radius 1 is 1.29 bits per heavy atom. The van der Waals surface area contributed by atoms with Gasteiger partial charge in [0.25, 0.3) is 0 Å². The molecule has 6 heteroatoms. The molecule has 1 N–H and O–H groups in total. The second kappa shape index (κ2) is 7.03. The van der Waals surface area contributed by atoms with Crippen molar-refractivity contribution in [1.82, 2.24) is 4.98 Å². The summed E-state index contributed by atoms with van der Waals surface area (Å²) >= 11 is 7.49. The number of hydrogen-bond acceptors (Lipinski definition) is 4. The van der Waals surface area contributed by atoms with Crippen LogP contribution >= 0.6 is 22.9 Å². The van der Waals surface area contributed by atoms with Gasteiger partial charge in [0.2, 0.25) is 5.91 Å². The number of hydrogen-bond donors (Lipinski definition) is 1. The number of fused-ring (bicyclic) bond motifs is 1. The van der Waals surface area contributed by atoms with Crippen LogP contribution in [0.25, 0.3) is 16.3 Å². The van der Waals surface area contributed by atoms with Gasteiger partial charge in [-0.25, -0.2) is 4.98 Å². The fourth-order valence-corrected chi connectivity index (χ4v) is 3.40. The van der Waals surface area contributed by atoms with Crippen LogP contribution in [0.1, 0.15) is 11.1 Å². The number of anilines is 1. The van der Waals surface area contributed by atoms with E-state index in [1.165, 1.54) is 17.4 Å². The Balaban J connectivity index is 1.81. The molecular weight excluding hydrogens is 344 g/mol. The number of nitrogens with zero attached hydrogens (tertiary/aromatic N) is 1. The van der Waals surface area contributed by atoms with Crippen molar-refractivity contribution in [2.24, 2.45) is 0 Å². The van der Waals surface area contributed by atoms with E-state index in [4.69, 9.17) is 16.3 Å². The Morgan fingerprint density at radius 2 is 2.08 bits per heavy atom. The molecule has 2 aromatic carbocycles. The summed E-state index contributed by atoms with van der Waals surface area (Å²) in [4.78, 5) is 16.6. The predicted octanol–water partition coefficient (Wildman–Crippen LogP) is 4.92. The molecule has 4 nitrogen and oxygen atoms in total. The Hall–Kier alpha value is -2.37. The topological polar surface area (TPSA) is 51.2 Å². The molecule has 0 radical (unpaired) electrons. The zero-order valence-corrected chi connectivity index (χ0v) is 14.7. The van der Waals surface area contributed by atoms with E-state index in [0.717, 1.165) is 21.3 Å². The standard InChI is InChI=1S/C18H15ClN2O2S/c1-11-7-9-14(23-2)16-17(11)24-18(21-16)20-15(22)10-8-12-5-3-4-6-13(12)19/h3-10H,1-2H3,(H,20,21,22)/b10-8+. The maximum absolute atomic E-state index is 12.1. The van der Waals surface area contributed by atoms with Crippen LogP contribution < -0.4 is 10.1 Å². The number of aromatic nitrogens is 1. The van der Waals surface area contributed by atoms with E-state index in [-0.39, 0.29) is 5.91 Å². The van der Waals surface area contributed by atoms with Gasteiger partial charge in [-0.1, -0.05) is 47.2 Å². The molecule has 122 valence electrons. The number of halogens is 1. The molecule has 0 saturated carbocycles. The van der Waals surface area contributed by atoms with Crippen LogP contribution in [0.4, 0.5) is 5.13 Å². The summed E-state index contributed by atoms with van der Waals surface area (Å²) in [5.41, 5.74) is 2.64. The van der Waals surface area contributed by atoms with Gasteiger partial charge in [0.1, 0.15) is 11.3 Å². The van der Waals surface area contributed by atoms with Gasteiger partial charge in [-0.05, 0) is 36.3 Å². The average molecular weight is 359 g/mol. The third-order valence-corrected chi connectivity index (χ3v) is 4.92. The predicted molar refractivity (Wildman–Crippen MR) is 100 cm³/mol. The lowest BCUT2D eigenvalue weighted by Crippen LogP contribution is -2.07. The maximum atomic E-state index is 12.1. The second-order valence-electron chi connectivity index (χ2n) is 5.13. The molecular formula is C18H15ClN2O2S. The number of aryl methyl sites for hydroxylation is 1. The van der Waals surface area contributed by atoms with Gasteiger partial charge in [0.05, 0.1) is 11.8 Å². The summed E-state index contributed by atoms with van der Waals surface area (Å²) in [6.07, 6.45) is 3.12. The van der Waals surface area contributed by atoms with Gasteiger partial charge in [-0.2, -0.15) is 0 Å². The lowest BCUT2D eigenvalue weighted by molar-refractivity contribution is -0.111. The molecule has 3 aromatic rings. The zero-order valence-electron chi connectivity index (χ0n) is 13.2. The van der Waals surface area contributed by atoms with Crippen molar-refractivity contribution in [2.75, 3.05) is 12.4 Å². The minimum absolute atomic E-state index is 0.259. The monoisotopic (exact) mass is 358 g/mol. The Kier molecular flexibility index (Phi) is 4.83. The number of benzene rings is 2. The van der Waals surface area contributed by atoms with Crippen molar-refractivity contribution in [2.45, 2.75) is 6.92 Å². The third kappa shape index (κ3) is 3.42. The van der Waals surface area contributed by atoms with Gasteiger partial charge < -0.3 is 4.74 Å². The minimum atomic E-state index is -0.259. The molecule has 0 aliphatic rings. The van der Waals surface area contributed by atoms with E-state index in [9.17, 15) is 4.79 Å². The Bertz CT molecular complexity index is 934. The Labute approximate surface area is 148 Å². The molecule has 0 fully saturated rings. The molecule has 0 saturated heterocycles. The molecule has 1 amide bonds. The molecule has 0 spiro atoms. The van der Waals surface area contributed by atoms with Crippen molar-refractivity contribution in [3.63, 3.8) is 0 Å². The number of ether oxygens (including phenoxy) is 1. The minimum Gasteiger partial charge on any atom is -0.494 e. The number of carbonyl (C=O) groups is 1. The first kappa shape index (κ1) is 16.5. The summed E-state index contributed by atoms with van der Waals surface area (Å²) in [6, 6.07) is 11.2. The van der Waals surface area contributed by atoms with Crippen molar-refractivity contribution < 1.29 is 9.53 Å². The summed E-state index contributed by atoms with van der Waals surface area (Å²) in [5, 5.41) is 3.92. The molecule has 1 aromatic heterocycles. The molecule has 0 bridgehead atoms. The Morgan fingerprint density at radius 3 is 2.83 bits per heavy atom. The lowest BCUT2D eigenvalue weighted by atomic mass is 10.2. The van der Waals surface area contributed by atoms with E-state index >= 15 is 0 Å². The van der Waals surface area contributed by atoms with E-state index in [2.05, 4.69) is 10.3 Å². The van der Waals surface area contributed by atoms with Gasteiger partial charge in [-0.3, -0.25) is 10.1 Å². The van der Waals surface area contributed by atoms with E-state index in [0.29, 0.717) is 15.9 Å². The van der Waals surface area contributed by atoms with E-state index in [1.807, 2.05) is 37.3 Å². The van der Waals surface area contributed by atoms with Crippen LogP contribution in [-0.2, 0) is 4.79 Å². The molecule has 0 unspecified atom stereocenters. The average Bonchev–Trinajstić information content (AvgIpc) is 2.99. The molecule has 3 rings (SSSR count). The fourth-order valence-electron chi connectivity index (χ4n) is 2.25. The van der Waals surface area contributed by atoms with Crippen molar-refractivity contribution in [3.8, 4) is 5.75 Å². The van der Waals surface area contributed by atoms with Gasteiger partial charge in [0, 0.05) is 11.1 Å². The fraction of sp³-hybridized carbons (Fsp3) is 0.111. The van der Waals surface area contributed by atoms with Gasteiger partial charge in [-0.15, -0.1) is 0 Å². The number of carbonyl (C=O) groups excluding carboxylic acids is 1. The summed E-state index contributed by atoms with van der Waals surface area (Å²) < 4.78 is 6.32.